The van der Waals surface area contributed by atoms with Crippen molar-refractivity contribution in [3.8, 4) is 0 Å². The summed E-state index contributed by atoms with van der Waals surface area (Å²) in [5, 5.41) is 118. The molecule has 0 bridgehead atoms. The standard InChI is InChI=1S/C21H29BN2O9.C16H24N2O4.C15H25BN2O4.C6H8O7/c1-12(2)8-15(22-32-20(31)21(33-22,10-16(25)26)11-17(27)28)24-19(30)18(29)14(23)9-13-6-4-3-5-7-13;2*1-10(2)8-13(16(21)22)18-15(20)14(19)12(17)9-11-6-4-3-5-7-11;7-3(8)1-6(13,5(11)12)2-4(9)10/h3-7,12,14-15,18,29H,8-11,23H2,1-2H3,(H,24,30)(H,25,26)(H,27,28);3-7,10,12-14,19H,8-9,17H2,1-2H3,(H,18,20)(H,21,22);3-7,10,12-14,19,21-22H,8-9,17H2,1-2H3,(H,18,20);13H,1-2H2,(H,7,8)(H,9,10)(H,11,12)/t14-,15+,18+;2*12-,13+,14+;/m111./s1. The summed E-state index contributed by atoms with van der Waals surface area (Å²) in [6.45, 7) is 11.2. The van der Waals surface area contributed by atoms with Gasteiger partial charge in [-0.1, -0.05) is 133 Å². The first kappa shape index (κ1) is 80.1. The molecule has 21 N–H and O–H groups in total. The van der Waals surface area contributed by atoms with E-state index in [1.54, 1.807) is 12.1 Å². The van der Waals surface area contributed by atoms with Crippen LogP contribution in [0.25, 0.3) is 0 Å². The lowest BCUT2D eigenvalue weighted by Gasteiger charge is -2.26. The number of carboxylic acid groups (broad SMARTS) is 6. The number of carbonyl (C=O) groups excluding carboxylic acids is 4. The third-order valence-electron chi connectivity index (χ3n) is 13.2. The van der Waals surface area contributed by atoms with Crippen LogP contribution in [-0.4, -0.2) is 200 Å². The highest BCUT2D eigenvalue weighted by molar-refractivity contribution is 6.52. The Balaban J connectivity index is 0.000000630. The molecule has 3 amide bonds. The molecule has 1 heterocycles. The van der Waals surface area contributed by atoms with Crippen molar-refractivity contribution in [1.29, 1.82) is 0 Å². The van der Waals surface area contributed by atoms with Crippen LogP contribution in [0.15, 0.2) is 91.0 Å². The van der Waals surface area contributed by atoms with Gasteiger partial charge in [-0.3, -0.25) is 38.4 Å². The maximum absolute atomic E-state index is 12.7. The molecule has 90 heavy (non-hydrogen) atoms. The molecule has 0 radical (unpaired) electrons. The van der Waals surface area contributed by atoms with Gasteiger partial charge >= 0.3 is 56.0 Å². The second kappa shape index (κ2) is 39.3. The number of aliphatic carboxylic acids is 6. The molecule has 0 unspecified atom stereocenters. The number of hydrogen-bond acceptors (Lipinski definition) is 21. The number of amides is 3. The Bertz CT molecular complexity index is 2740. The van der Waals surface area contributed by atoms with Gasteiger partial charge in [0.2, 0.25) is 11.8 Å². The van der Waals surface area contributed by atoms with E-state index in [4.69, 9.17) is 62.3 Å². The van der Waals surface area contributed by atoms with Gasteiger partial charge in [-0.25, -0.2) is 9.59 Å². The molecule has 1 aliphatic heterocycles. The van der Waals surface area contributed by atoms with Gasteiger partial charge in [0.15, 0.2) is 11.2 Å². The highest BCUT2D eigenvalue weighted by atomic mass is 16.7. The maximum atomic E-state index is 12.7. The fraction of sp³-hybridized carbons (Fsp3) is 0.517. The van der Waals surface area contributed by atoms with Crippen LogP contribution in [0.1, 0.15) is 103 Å². The second-order valence-corrected chi connectivity index (χ2v) is 22.8. The molecule has 498 valence electrons. The van der Waals surface area contributed by atoms with Crippen molar-refractivity contribution in [2.75, 3.05) is 0 Å². The Kier molecular flexibility index (Phi) is 35.0. The first-order valence-corrected chi connectivity index (χ1v) is 28.5. The van der Waals surface area contributed by atoms with Crippen LogP contribution in [-0.2, 0) is 76.5 Å². The highest BCUT2D eigenvalue weighted by Crippen LogP contribution is 2.32. The average molecular weight is 1270 g/mol. The topological polar surface area (TPSA) is 546 Å². The number of nitrogens with two attached hydrogens (primary N) is 3. The van der Waals surface area contributed by atoms with Crippen molar-refractivity contribution in [2.45, 2.75) is 171 Å². The Hall–Kier alpha value is -7.91. The van der Waals surface area contributed by atoms with Crippen LogP contribution in [0.4, 0.5) is 0 Å². The Morgan fingerprint density at radius 1 is 0.533 bits per heavy atom. The number of rotatable bonds is 33. The zero-order valence-corrected chi connectivity index (χ0v) is 50.8. The molecule has 3 aromatic carbocycles. The van der Waals surface area contributed by atoms with Crippen molar-refractivity contribution < 1.29 is 118 Å². The van der Waals surface area contributed by atoms with Crippen molar-refractivity contribution in [2.24, 2.45) is 35.0 Å². The SMILES string of the molecule is CC(C)C[C@H](NC(=O)[C@@H](O)[C@H](N)Cc1ccccc1)B(O)O.CC(C)C[C@H](NC(=O)[C@@H](O)[C@H](N)Cc1ccccc1)B1OC(=O)C(CC(=O)O)(CC(=O)O)O1.CC(C)C[C@H](NC(=O)[C@@H](O)[C@H](N)Cc1ccccc1)C(=O)O.O=C(O)CC(O)(CC(=O)O)C(=O)O. The lowest BCUT2D eigenvalue weighted by molar-refractivity contribution is -0.170. The number of hydrogen-bond donors (Lipinski definition) is 18. The summed E-state index contributed by atoms with van der Waals surface area (Å²) in [7, 11) is -3.11. The van der Waals surface area contributed by atoms with Crippen LogP contribution in [0.5, 0.6) is 0 Å². The molecule has 1 aliphatic rings. The zero-order valence-electron chi connectivity index (χ0n) is 50.8. The monoisotopic (exact) mass is 1270 g/mol. The molecule has 3 aromatic rings. The van der Waals surface area contributed by atoms with E-state index >= 15 is 0 Å². The van der Waals surface area contributed by atoms with E-state index in [0.29, 0.717) is 25.7 Å². The molecule has 4 rings (SSSR count). The average Bonchev–Trinajstić information content (AvgIpc) is 1.64. The largest absolute Gasteiger partial charge is 0.552 e. The summed E-state index contributed by atoms with van der Waals surface area (Å²) < 4.78 is 10.7. The molecular formula is C58H86B2N6O24. The number of nitrogens with one attached hydrogen (secondary N) is 3. The number of carbonyl (C=O) groups is 10. The van der Waals surface area contributed by atoms with Gasteiger partial charge in [0.05, 0.1) is 37.6 Å². The summed E-state index contributed by atoms with van der Waals surface area (Å²) in [6, 6.07) is 24.1. The normalized spacial score (nSPS) is 15.5. The molecule has 0 saturated carbocycles. The highest BCUT2D eigenvalue weighted by Gasteiger charge is 2.58. The van der Waals surface area contributed by atoms with Crippen molar-refractivity contribution >= 4 is 73.7 Å². The number of aliphatic hydroxyl groups is 4. The first-order chi connectivity index (χ1) is 41.8. The van der Waals surface area contributed by atoms with Gasteiger partial charge in [-0.05, 0) is 73.0 Å². The minimum Gasteiger partial charge on any atom is -0.506 e. The van der Waals surface area contributed by atoms with Gasteiger partial charge in [0.25, 0.3) is 5.91 Å². The summed E-state index contributed by atoms with van der Waals surface area (Å²) in [5.74, 6) is -14.0. The Morgan fingerprint density at radius 2 is 0.878 bits per heavy atom. The van der Waals surface area contributed by atoms with E-state index in [1.807, 2.05) is 120 Å². The number of benzene rings is 3. The fourth-order valence-electron chi connectivity index (χ4n) is 8.74. The van der Waals surface area contributed by atoms with Gasteiger partial charge < -0.3 is 104 Å². The number of carboxylic acids is 6. The van der Waals surface area contributed by atoms with E-state index in [9.17, 15) is 73.3 Å². The van der Waals surface area contributed by atoms with E-state index in [0.717, 1.165) is 16.7 Å². The van der Waals surface area contributed by atoms with Crippen molar-refractivity contribution in [3.63, 3.8) is 0 Å². The van der Waals surface area contributed by atoms with Crippen LogP contribution >= 0.6 is 0 Å². The summed E-state index contributed by atoms with van der Waals surface area (Å²) >= 11 is 0. The van der Waals surface area contributed by atoms with E-state index in [2.05, 4.69) is 16.0 Å². The van der Waals surface area contributed by atoms with Gasteiger partial charge in [0, 0.05) is 18.1 Å². The third-order valence-corrected chi connectivity index (χ3v) is 13.2. The Morgan fingerprint density at radius 3 is 1.18 bits per heavy atom. The van der Waals surface area contributed by atoms with Gasteiger partial charge in [-0.15, -0.1) is 0 Å². The second-order valence-electron chi connectivity index (χ2n) is 22.8. The van der Waals surface area contributed by atoms with Crippen LogP contribution in [0.3, 0.4) is 0 Å². The van der Waals surface area contributed by atoms with Gasteiger partial charge in [-0.2, -0.15) is 0 Å². The lowest BCUT2D eigenvalue weighted by Crippen LogP contribution is -2.55. The molecule has 0 aromatic heterocycles. The summed E-state index contributed by atoms with van der Waals surface area (Å²) in [5.41, 5.74) is 15.4. The Labute approximate surface area is 520 Å². The third kappa shape index (κ3) is 30.1. The van der Waals surface area contributed by atoms with Crippen LogP contribution in [0, 0.1) is 17.8 Å². The van der Waals surface area contributed by atoms with E-state index in [-0.39, 0.29) is 30.6 Å². The first-order valence-electron chi connectivity index (χ1n) is 28.5. The fourth-order valence-corrected chi connectivity index (χ4v) is 8.74. The molecule has 1 fully saturated rings. The predicted octanol–water partition coefficient (Wildman–Crippen LogP) is -1.52. The van der Waals surface area contributed by atoms with Crippen LogP contribution in [0.2, 0.25) is 0 Å². The lowest BCUT2D eigenvalue weighted by atomic mass is 9.73. The molecule has 30 nitrogen and oxygen atoms in total. The van der Waals surface area contributed by atoms with Crippen molar-refractivity contribution in [3.05, 3.63) is 108 Å². The minimum absolute atomic E-state index is 0.0262. The molecular weight excluding hydrogens is 1190 g/mol. The molecule has 32 heteroatoms. The van der Waals surface area contributed by atoms with E-state index in [1.165, 1.54) is 0 Å². The zero-order chi connectivity index (χ0) is 68.8. The van der Waals surface area contributed by atoms with Crippen LogP contribution < -0.4 is 33.2 Å². The molecule has 1 saturated heterocycles. The van der Waals surface area contributed by atoms with E-state index < -0.39 is 165 Å². The summed E-state index contributed by atoms with van der Waals surface area (Å²) in [6.07, 6.45) is -6.72. The quantitative estimate of drug-likeness (QED) is 0.0308. The maximum Gasteiger partial charge on any atom is 0.552 e. The van der Waals surface area contributed by atoms with Gasteiger partial charge in [0.1, 0.15) is 24.4 Å². The number of aliphatic hydroxyl groups excluding tert-OH is 3. The molecule has 0 aliphatic carbocycles. The minimum atomic E-state index is -2.74. The molecule has 0 spiro atoms. The predicted molar refractivity (Wildman–Crippen MR) is 322 cm³/mol. The molecule has 9 atom stereocenters. The smallest absolute Gasteiger partial charge is 0.506 e. The van der Waals surface area contributed by atoms with Crippen molar-refractivity contribution in [1.82, 2.24) is 16.0 Å². The summed E-state index contributed by atoms with van der Waals surface area (Å²) in [4.78, 5) is 113.